The number of amides is 1. The molecule has 340 valence electrons. The number of nitrogens with zero attached hydrogens (tertiary/aromatic N) is 15. The highest BCUT2D eigenvalue weighted by Gasteiger charge is 2.36. The summed E-state index contributed by atoms with van der Waals surface area (Å²) in [5, 5.41) is 30.6. The van der Waals surface area contributed by atoms with Gasteiger partial charge in [0.15, 0.2) is 23.0 Å². The summed E-state index contributed by atoms with van der Waals surface area (Å²) in [5.74, 6) is 2.66. The third-order valence-corrected chi connectivity index (χ3v) is 10.9. The monoisotopic (exact) mass is 937 g/mol. The van der Waals surface area contributed by atoms with Crippen molar-refractivity contribution in [3.8, 4) is 0 Å². The van der Waals surface area contributed by atoms with E-state index in [1.54, 1.807) is 23.3 Å². The van der Waals surface area contributed by atoms with E-state index >= 15 is 0 Å². The molecule has 0 aliphatic carbocycles. The molecule has 29 heteroatoms. The molecule has 0 aromatic carbocycles. The minimum atomic E-state index is -2.84. The predicted molar refractivity (Wildman–Crippen MR) is 234 cm³/mol. The van der Waals surface area contributed by atoms with Crippen LogP contribution in [0.5, 0.6) is 0 Å². The van der Waals surface area contributed by atoms with Crippen molar-refractivity contribution in [1.82, 2.24) is 59.2 Å². The second kappa shape index (κ2) is 24.4. The summed E-state index contributed by atoms with van der Waals surface area (Å²) < 4.78 is 26.3. The number of nitrogen functional groups attached to an aromatic ring is 1. The summed E-state index contributed by atoms with van der Waals surface area (Å²) >= 11 is 17.0. The SMILES string of the molecule is CN(C)/N=N/c1[nH]cnc1C(N)=O.CN(C)c1nc(N(C)C)nc(N(C)C)n1.Nc1nc(Cl)nc2c1ncn2[C@H]1C[C@H](O)[C@@H](CO)O1.O=P1(N(CCCl)CCCl)NCCCO1. The topological polar surface area (TPSA) is 309 Å². The summed E-state index contributed by atoms with van der Waals surface area (Å²) in [6.45, 7) is 2.06. The molecule has 1 unspecified atom stereocenters. The van der Waals surface area contributed by atoms with Crippen molar-refractivity contribution < 1.29 is 28.8 Å². The van der Waals surface area contributed by atoms with Crippen LogP contribution in [0.1, 0.15) is 29.6 Å². The second-order valence-electron chi connectivity index (χ2n) is 13.7. The lowest BCUT2D eigenvalue weighted by molar-refractivity contribution is -0.0432. The molecular formula is C32H55Cl3N19O6P. The predicted octanol–water partition coefficient (Wildman–Crippen LogP) is 1.73. The summed E-state index contributed by atoms with van der Waals surface area (Å²) in [6.07, 6.45) is 2.24. The lowest BCUT2D eigenvalue weighted by Crippen LogP contribution is -2.35. The molecule has 6 heterocycles. The quantitative estimate of drug-likeness (QED) is 0.0365. The number of anilines is 4. The summed E-state index contributed by atoms with van der Waals surface area (Å²) in [4.78, 5) is 47.6. The average molecular weight is 939 g/mol. The molecule has 2 aliphatic heterocycles. The molecule has 4 aromatic heterocycles. The zero-order chi connectivity index (χ0) is 45.4. The molecule has 61 heavy (non-hydrogen) atoms. The van der Waals surface area contributed by atoms with Crippen LogP contribution in [0.4, 0.5) is 29.5 Å². The molecule has 4 atom stereocenters. The number of aliphatic hydroxyl groups excluding tert-OH is 2. The van der Waals surface area contributed by atoms with Crippen LogP contribution >= 0.6 is 42.5 Å². The zero-order valence-electron chi connectivity index (χ0n) is 35.2. The maximum absolute atomic E-state index is 12.2. The first kappa shape index (κ1) is 51.1. The van der Waals surface area contributed by atoms with E-state index in [0.29, 0.717) is 66.9 Å². The van der Waals surface area contributed by atoms with Crippen molar-refractivity contribution >= 4 is 89.0 Å². The van der Waals surface area contributed by atoms with Gasteiger partial charge in [0.25, 0.3) is 5.91 Å². The van der Waals surface area contributed by atoms with Crippen molar-refractivity contribution in [1.29, 1.82) is 0 Å². The van der Waals surface area contributed by atoms with Gasteiger partial charge in [0, 0.05) is 94.2 Å². The first-order valence-electron chi connectivity index (χ1n) is 18.5. The van der Waals surface area contributed by atoms with Crippen LogP contribution in [-0.4, -0.2) is 183 Å². The van der Waals surface area contributed by atoms with Gasteiger partial charge in [0.2, 0.25) is 23.1 Å². The number of ether oxygens (including phenoxy) is 1. The number of H-pyrrole nitrogens is 1. The summed E-state index contributed by atoms with van der Waals surface area (Å²) in [6, 6.07) is 0. The van der Waals surface area contributed by atoms with Crippen LogP contribution < -0.4 is 31.3 Å². The number of carbonyl (C=O) groups excluding carboxylic acids is 1. The summed E-state index contributed by atoms with van der Waals surface area (Å²) in [5.41, 5.74) is 11.7. The highest BCUT2D eigenvalue weighted by atomic mass is 35.5. The second-order valence-corrected chi connectivity index (χ2v) is 17.0. The Labute approximate surface area is 368 Å². The third-order valence-electron chi connectivity index (χ3n) is 8.05. The van der Waals surface area contributed by atoms with Gasteiger partial charge >= 0.3 is 7.67 Å². The number of aromatic nitrogens is 9. The molecule has 0 spiro atoms. The number of fused-ring (bicyclic) bond motifs is 1. The molecule has 8 N–H and O–H groups in total. The highest BCUT2D eigenvalue weighted by molar-refractivity contribution is 7.54. The van der Waals surface area contributed by atoms with Crippen molar-refractivity contribution in [2.24, 2.45) is 16.1 Å². The van der Waals surface area contributed by atoms with Gasteiger partial charge in [-0.3, -0.25) is 18.9 Å². The Morgan fingerprint density at radius 3 is 2.03 bits per heavy atom. The number of carbonyl (C=O) groups is 1. The Hall–Kier alpha value is -4.30. The first-order valence-corrected chi connectivity index (χ1v) is 21.5. The number of alkyl halides is 2. The number of hydrogen-bond acceptors (Lipinski definition) is 19. The van der Waals surface area contributed by atoms with E-state index in [1.165, 1.54) is 17.7 Å². The number of aliphatic hydroxyl groups is 2. The highest BCUT2D eigenvalue weighted by Crippen LogP contribution is 2.48. The number of nitrogens with two attached hydrogens (primary N) is 2. The van der Waals surface area contributed by atoms with Crippen LogP contribution in [0.25, 0.3) is 11.2 Å². The largest absolute Gasteiger partial charge is 0.394 e. The lowest BCUT2D eigenvalue weighted by atomic mass is 10.2. The molecular weight excluding hydrogens is 884 g/mol. The Bertz CT molecular complexity index is 1980. The maximum atomic E-state index is 12.2. The Kier molecular flexibility index (Phi) is 20.4. The molecule has 0 bridgehead atoms. The normalized spacial score (nSPS) is 19.7. The van der Waals surface area contributed by atoms with Crippen LogP contribution in [-0.2, 0) is 13.8 Å². The summed E-state index contributed by atoms with van der Waals surface area (Å²) in [7, 11) is 12.0. The number of halogens is 3. The number of aromatic amines is 1. The fraction of sp³-hybridized carbons (Fsp3) is 0.625. The fourth-order valence-electron chi connectivity index (χ4n) is 5.07. The van der Waals surface area contributed by atoms with E-state index in [-0.39, 0.29) is 29.2 Å². The molecule has 2 saturated heterocycles. The van der Waals surface area contributed by atoms with E-state index in [9.17, 15) is 14.5 Å². The Balaban J connectivity index is 0.000000220. The van der Waals surface area contributed by atoms with Gasteiger partial charge in [-0.05, 0) is 18.0 Å². The minimum Gasteiger partial charge on any atom is -0.394 e. The fourth-order valence-corrected chi connectivity index (χ4v) is 7.88. The van der Waals surface area contributed by atoms with Crippen LogP contribution in [0, 0.1) is 0 Å². The van der Waals surface area contributed by atoms with Crippen molar-refractivity contribution in [3.05, 3.63) is 23.6 Å². The molecule has 4 aromatic rings. The first-order chi connectivity index (χ1) is 28.8. The van der Waals surface area contributed by atoms with Crippen molar-refractivity contribution in [2.75, 3.05) is 121 Å². The zero-order valence-corrected chi connectivity index (χ0v) is 38.4. The molecule has 6 rings (SSSR count). The van der Waals surface area contributed by atoms with Gasteiger partial charge in [-0.15, -0.1) is 28.3 Å². The third kappa shape index (κ3) is 14.9. The lowest BCUT2D eigenvalue weighted by Gasteiger charge is -2.33. The number of nitrogens with one attached hydrogen (secondary N) is 2. The van der Waals surface area contributed by atoms with Gasteiger partial charge in [-0.2, -0.15) is 24.9 Å². The van der Waals surface area contributed by atoms with E-state index in [1.807, 2.05) is 57.0 Å². The number of imidazole rings is 2. The molecule has 0 radical (unpaired) electrons. The maximum Gasteiger partial charge on any atom is 0.343 e. The molecule has 1 amide bonds. The van der Waals surface area contributed by atoms with Crippen molar-refractivity contribution in [3.63, 3.8) is 0 Å². The van der Waals surface area contributed by atoms with Gasteiger partial charge in [-0.25, -0.2) is 19.7 Å². The number of hydrogen-bond donors (Lipinski definition) is 6. The van der Waals surface area contributed by atoms with E-state index in [0.717, 1.165) is 13.0 Å². The average Bonchev–Trinajstić information content (AvgIpc) is 3.96. The number of rotatable bonds is 13. The standard InChI is InChI=1S/C10H12ClN5O3.C9H18N6.C7H15Cl2N2O2P.C6H10N6O/c11-10-14-8(12)7-9(15-10)16(3-13-7)6-1-4(18)5(2-17)19-6;1-13(2)7-10-8(14(3)4)12-9(11-7)15(5)6;8-2-5-11(6-3-9)14(12)10-4-1-7-13-14;1-12(2)11-10-6-4(5(7)13)8-3-9-6/h3-6,17-18H,1-2H2,(H2,12,14,15);1-6H3;1-7H2,(H,10,12);3H,1-2H3,(H2,7,13)(H,8,9)/b;;;11-10+/t4-,5+,6+;;;/m0.../s1. The van der Waals surface area contributed by atoms with Crippen LogP contribution in [0.3, 0.4) is 0 Å². The minimum absolute atomic E-state index is 0.0176. The van der Waals surface area contributed by atoms with Gasteiger partial charge in [-0.1, -0.05) is 5.22 Å². The molecule has 2 fully saturated rings. The Morgan fingerprint density at radius 1 is 0.984 bits per heavy atom. The molecule has 25 nitrogen and oxygen atoms in total. The molecule has 0 saturated carbocycles. The Morgan fingerprint density at radius 2 is 1.57 bits per heavy atom. The van der Waals surface area contributed by atoms with E-state index < -0.39 is 32.0 Å². The van der Waals surface area contributed by atoms with Gasteiger partial charge in [0.05, 0.1) is 32.0 Å². The molecule has 2 aliphatic rings. The van der Waals surface area contributed by atoms with Crippen LogP contribution in [0.2, 0.25) is 5.28 Å². The smallest absolute Gasteiger partial charge is 0.343 e. The van der Waals surface area contributed by atoms with Gasteiger partial charge < -0.3 is 50.6 Å². The number of primary amides is 1. The van der Waals surface area contributed by atoms with Crippen molar-refractivity contribution in [2.45, 2.75) is 31.3 Å². The van der Waals surface area contributed by atoms with Crippen LogP contribution in [0.15, 0.2) is 23.0 Å². The van der Waals surface area contributed by atoms with E-state index in [4.69, 9.17) is 60.6 Å². The van der Waals surface area contributed by atoms with E-state index in [2.05, 4.69) is 55.3 Å². The van der Waals surface area contributed by atoms with Gasteiger partial charge in [0.1, 0.15) is 17.8 Å².